The van der Waals surface area contributed by atoms with Crippen molar-refractivity contribution in [3.05, 3.63) is 144 Å². The molecule has 5 aromatic carbocycles. The molecule has 63 heavy (non-hydrogen) atoms. The summed E-state index contributed by atoms with van der Waals surface area (Å²) in [6, 6.07) is 22.0. The molecule has 2 heterocycles. The maximum Gasteiger partial charge on any atom is 0.454 e. The van der Waals surface area contributed by atoms with Crippen molar-refractivity contribution in [3.8, 4) is 28.7 Å². The first-order valence-electron chi connectivity index (χ1n) is 23.0. The lowest BCUT2D eigenvalue weighted by Crippen LogP contribution is -2.43. The molecule has 2 aliphatic heterocycles. The van der Waals surface area contributed by atoms with Crippen molar-refractivity contribution in [2.24, 2.45) is 0 Å². The van der Waals surface area contributed by atoms with Gasteiger partial charge in [-0.05, 0) is 111 Å². The highest BCUT2D eigenvalue weighted by atomic mass is 28.4. The minimum Gasteiger partial charge on any atom is -0.512 e. The van der Waals surface area contributed by atoms with Crippen LogP contribution >= 0.6 is 0 Å². The predicted octanol–water partition coefficient (Wildman–Crippen LogP) is 14.0. The van der Waals surface area contributed by atoms with Gasteiger partial charge in [0.1, 0.15) is 28.7 Å². The number of hydrogen-bond acceptors (Lipinski definition) is 5. The van der Waals surface area contributed by atoms with Gasteiger partial charge >= 0.3 is 8.56 Å². The average Bonchev–Trinajstić information content (AvgIpc) is 3.11. The minimum atomic E-state index is -2.96. The summed E-state index contributed by atoms with van der Waals surface area (Å²) in [7, 11) is -2.96. The Hall–Kier alpha value is -4.68. The summed E-state index contributed by atoms with van der Waals surface area (Å²) >= 11 is 0. The van der Waals surface area contributed by atoms with Gasteiger partial charge in [-0.3, -0.25) is 0 Å². The lowest BCUT2D eigenvalue weighted by Gasteiger charge is -2.35. The molecule has 0 spiro atoms. The minimum absolute atomic E-state index is 0.161. The molecule has 0 saturated heterocycles. The number of fused-ring (bicyclic) bond motifs is 2. The Bertz CT molecular complexity index is 2440. The standard InChI is InChI=1S/C57H74O5Si/c1-53(2,3)43-23-33-18-35-25-44(54(4,5)6)27-37(49(35)59)20-39-29-46(56(10,11)12)31-41-22-42-32-47(57(13,14)15)30-40(52(42)62-63(16,17)61-51(39)41)21-38-28-45(55(7,8)9)26-36(50(38)60)19-34(24-43)48(33)58/h23-32,58-60H,18-22H2,1-17H3. The molecule has 3 N–H and O–H groups in total. The van der Waals surface area contributed by atoms with Gasteiger partial charge < -0.3 is 24.2 Å². The Morgan fingerprint density at radius 3 is 0.667 bits per heavy atom. The largest absolute Gasteiger partial charge is 0.512 e. The van der Waals surface area contributed by atoms with Crippen molar-refractivity contribution in [3.63, 3.8) is 0 Å². The molecular weight excluding hydrogens is 793 g/mol. The number of rotatable bonds is 0. The highest BCUT2D eigenvalue weighted by molar-refractivity contribution is 6.66. The highest BCUT2D eigenvalue weighted by Gasteiger charge is 2.37. The van der Waals surface area contributed by atoms with E-state index in [0.717, 1.165) is 83.8 Å². The molecule has 0 saturated carbocycles. The third kappa shape index (κ3) is 9.58. The Balaban J connectivity index is 1.63. The molecule has 8 rings (SSSR count). The SMILES string of the molecule is CC(C)(C)c1cc2c(O)c(c1)Cc1cc(C(C)(C)C)cc(c1O)Cc1cc(C(C)(C)C)cc3c1O[Si](C)(C)Oc1c(cc(C(C)(C)C)cc1C3)Cc1cc(C(C)(C)C)cc(c1O)C2. The first-order chi connectivity index (χ1) is 28.8. The molecule has 336 valence electrons. The van der Waals surface area contributed by atoms with Crippen LogP contribution in [-0.4, -0.2) is 23.9 Å². The maximum absolute atomic E-state index is 12.5. The lowest BCUT2D eigenvalue weighted by atomic mass is 9.79. The second kappa shape index (κ2) is 15.5. The van der Waals surface area contributed by atoms with Crippen molar-refractivity contribution in [2.45, 2.75) is 176 Å². The van der Waals surface area contributed by atoms with E-state index in [1.165, 1.54) is 11.1 Å². The summed E-state index contributed by atoms with van der Waals surface area (Å²) in [6.07, 6.45) is 2.20. The third-order valence-electron chi connectivity index (χ3n) is 13.2. The van der Waals surface area contributed by atoms with E-state index in [1.807, 2.05) is 0 Å². The molecular formula is C57H74O5Si. The van der Waals surface area contributed by atoms with E-state index in [9.17, 15) is 15.3 Å². The van der Waals surface area contributed by atoms with Gasteiger partial charge in [0.25, 0.3) is 0 Å². The predicted molar refractivity (Wildman–Crippen MR) is 263 cm³/mol. The van der Waals surface area contributed by atoms with Crippen LogP contribution in [0, 0.1) is 0 Å². The summed E-state index contributed by atoms with van der Waals surface area (Å²) in [6.45, 7) is 37.6. The zero-order valence-electron chi connectivity index (χ0n) is 41.5. The van der Waals surface area contributed by atoms with Crippen LogP contribution < -0.4 is 8.85 Å². The van der Waals surface area contributed by atoms with E-state index in [4.69, 9.17) is 8.85 Å². The Kier molecular flexibility index (Phi) is 11.4. The van der Waals surface area contributed by atoms with Gasteiger partial charge in [-0.15, -0.1) is 0 Å². The van der Waals surface area contributed by atoms with E-state index in [-0.39, 0.29) is 44.3 Å². The Morgan fingerprint density at radius 2 is 0.476 bits per heavy atom. The maximum atomic E-state index is 12.5. The summed E-state index contributed by atoms with van der Waals surface area (Å²) in [5.74, 6) is 2.34. The first-order valence-corrected chi connectivity index (χ1v) is 25.9. The van der Waals surface area contributed by atoms with Gasteiger partial charge in [0.15, 0.2) is 0 Å². The smallest absolute Gasteiger partial charge is 0.454 e. The van der Waals surface area contributed by atoms with Crippen LogP contribution in [0.2, 0.25) is 13.1 Å². The summed E-state index contributed by atoms with van der Waals surface area (Å²) in [4.78, 5) is 0. The summed E-state index contributed by atoms with van der Waals surface area (Å²) in [5.41, 5.74) is 13.7. The fraction of sp³-hybridized carbons (Fsp3) is 0.474. The van der Waals surface area contributed by atoms with Crippen LogP contribution in [0.5, 0.6) is 28.7 Å². The fourth-order valence-corrected chi connectivity index (χ4v) is 10.6. The molecule has 5 nitrogen and oxygen atoms in total. The van der Waals surface area contributed by atoms with E-state index >= 15 is 0 Å². The Morgan fingerprint density at radius 1 is 0.317 bits per heavy atom. The van der Waals surface area contributed by atoms with Crippen molar-refractivity contribution in [1.29, 1.82) is 0 Å². The van der Waals surface area contributed by atoms with Crippen LogP contribution in [0.1, 0.15) is 187 Å². The summed E-state index contributed by atoms with van der Waals surface area (Å²) < 4.78 is 14.5. The number of aromatic hydroxyl groups is 3. The molecule has 1 aliphatic carbocycles. The second-order valence-corrected chi connectivity index (χ2v) is 27.6. The molecule has 0 atom stereocenters. The molecule has 0 amide bonds. The van der Waals surface area contributed by atoms with Crippen LogP contribution in [0.3, 0.4) is 0 Å². The number of benzene rings is 5. The van der Waals surface area contributed by atoms with E-state index in [1.54, 1.807) is 0 Å². The molecule has 6 heteroatoms. The van der Waals surface area contributed by atoms with Crippen molar-refractivity contribution >= 4 is 8.56 Å². The third-order valence-corrected chi connectivity index (χ3v) is 14.6. The van der Waals surface area contributed by atoms with Crippen LogP contribution in [0.25, 0.3) is 0 Å². The fourth-order valence-electron chi connectivity index (χ4n) is 9.09. The van der Waals surface area contributed by atoms with Gasteiger partial charge in [0.2, 0.25) is 0 Å². The van der Waals surface area contributed by atoms with Crippen LogP contribution in [0.15, 0.2) is 60.7 Å². The Labute approximate surface area is 380 Å². The number of phenols is 3. The van der Waals surface area contributed by atoms with Gasteiger partial charge in [0.05, 0.1) is 0 Å². The molecule has 0 aromatic heterocycles. The molecule has 0 unspecified atom stereocenters. The number of phenolic OH excluding ortho intramolecular Hbond substituents is 3. The highest BCUT2D eigenvalue weighted by Crippen LogP contribution is 2.46. The van der Waals surface area contributed by atoms with Gasteiger partial charge in [-0.2, -0.15) is 0 Å². The zero-order valence-corrected chi connectivity index (χ0v) is 42.5. The van der Waals surface area contributed by atoms with Gasteiger partial charge in [-0.25, -0.2) is 0 Å². The molecule has 5 aromatic rings. The molecule has 12 bridgehead atoms. The molecule has 3 aliphatic rings. The topological polar surface area (TPSA) is 79.2 Å². The normalized spacial score (nSPS) is 15.6. The zero-order chi connectivity index (χ0) is 46.6. The van der Waals surface area contributed by atoms with E-state index in [2.05, 4.69) is 178 Å². The molecule has 0 fully saturated rings. The van der Waals surface area contributed by atoms with Crippen molar-refractivity contribution in [2.75, 3.05) is 0 Å². The van der Waals surface area contributed by atoms with Crippen molar-refractivity contribution in [1.82, 2.24) is 0 Å². The summed E-state index contributed by atoms with van der Waals surface area (Å²) in [5, 5.41) is 37.4. The quantitative estimate of drug-likeness (QED) is 0.133. The van der Waals surface area contributed by atoms with E-state index < -0.39 is 8.56 Å². The first kappa shape index (κ1) is 46.3. The van der Waals surface area contributed by atoms with E-state index in [0.29, 0.717) is 32.1 Å². The second-order valence-electron chi connectivity index (χ2n) is 24.4. The van der Waals surface area contributed by atoms with Gasteiger partial charge in [0, 0.05) is 45.2 Å². The number of hydrogen-bond donors (Lipinski definition) is 3. The van der Waals surface area contributed by atoms with Crippen LogP contribution in [0.4, 0.5) is 0 Å². The monoisotopic (exact) mass is 867 g/mol. The van der Waals surface area contributed by atoms with Gasteiger partial charge in [-0.1, -0.05) is 165 Å². The lowest BCUT2D eigenvalue weighted by molar-refractivity contribution is 0.384. The van der Waals surface area contributed by atoms with Crippen molar-refractivity contribution < 1.29 is 24.2 Å². The van der Waals surface area contributed by atoms with Crippen LogP contribution in [-0.2, 0) is 59.2 Å². The molecule has 0 radical (unpaired) electrons. The average molecular weight is 867 g/mol.